The van der Waals surface area contributed by atoms with Gasteiger partial charge in [0.2, 0.25) is 0 Å². The van der Waals surface area contributed by atoms with Crippen LogP contribution >= 0.6 is 0 Å². The monoisotopic (exact) mass is 171 g/mol. The Bertz CT molecular complexity index is 193. The van der Waals surface area contributed by atoms with Gasteiger partial charge in [-0.1, -0.05) is 13.3 Å². The summed E-state index contributed by atoms with van der Waals surface area (Å²) in [4.78, 5) is 5.47. The Morgan fingerprint density at radius 2 is 2.17 bits per heavy atom. The van der Waals surface area contributed by atoms with Gasteiger partial charge in [-0.15, -0.1) is 5.06 Å². The first-order chi connectivity index (χ1) is 5.61. The standard InChI is InChI=1S/C9H17NO2/c1-4-5-6-9-10(12-9)8(2,3)7-11-9/h4-7H2,1-3H3. The molecule has 0 spiro atoms. The second-order valence-electron chi connectivity index (χ2n) is 4.30. The molecule has 12 heavy (non-hydrogen) atoms. The third-order valence-electron chi connectivity index (χ3n) is 2.56. The summed E-state index contributed by atoms with van der Waals surface area (Å²) >= 11 is 0. The van der Waals surface area contributed by atoms with E-state index in [0.29, 0.717) is 0 Å². The molecule has 70 valence electrons. The maximum atomic E-state index is 5.64. The summed E-state index contributed by atoms with van der Waals surface area (Å²) in [7, 11) is 0. The van der Waals surface area contributed by atoms with E-state index in [1.807, 2.05) is 5.06 Å². The van der Waals surface area contributed by atoms with Crippen LogP contribution in [-0.2, 0) is 9.57 Å². The molecule has 0 aromatic heterocycles. The van der Waals surface area contributed by atoms with E-state index in [-0.39, 0.29) is 11.4 Å². The third-order valence-corrected chi connectivity index (χ3v) is 2.56. The van der Waals surface area contributed by atoms with E-state index in [2.05, 4.69) is 20.8 Å². The molecule has 2 aliphatic heterocycles. The molecule has 3 heteroatoms. The summed E-state index contributed by atoms with van der Waals surface area (Å²) in [5.74, 6) is -0.320. The number of fused-ring (bicyclic) bond motifs is 1. The molecule has 2 aliphatic rings. The summed E-state index contributed by atoms with van der Waals surface area (Å²) in [6.45, 7) is 7.27. The van der Waals surface area contributed by atoms with E-state index < -0.39 is 0 Å². The Hall–Kier alpha value is -0.120. The van der Waals surface area contributed by atoms with Crippen LogP contribution < -0.4 is 0 Å². The topological polar surface area (TPSA) is 24.8 Å². The van der Waals surface area contributed by atoms with Crippen molar-refractivity contribution in [3.63, 3.8) is 0 Å². The molecule has 2 rings (SSSR count). The molecule has 0 aromatic carbocycles. The van der Waals surface area contributed by atoms with Crippen LogP contribution in [0.5, 0.6) is 0 Å². The Balaban J connectivity index is 1.94. The molecule has 2 fully saturated rings. The van der Waals surface area contributed by atoms with Crippen LogP contribution in [0.15, 0.2) is 0 Å². The highest BCUT2D eigenvalue weighted by atomic mass is 17.0. The van der Waals surface area contributed by atoms with Gasteiger partial charge in [0.1, 0.15) is 0 Å². The second-order valence-corrected chi connectivity index (χ2v) is 4.30. The molecule has 0 bridgehead atoms. The van der Waals surface area contributed by atoms with Crippen LogP contribution in [0.4, 0.5) is 0 Å². The second kappa shape index (κ2) is 2.44. The molecule has 3 nitrogen and oxygen atoms in total. The molecule has 0 saturated carbocycles. The van der Waals surface area contributed by atoms with Crippen LogP contribution in [0.25, 0.3) is 0 Å². The smallest absolute Gasteiger partial charge is 0.270 e. The van der Waals surface area contributed by atoms with E-state index in [1.165, 1.54) is 12.8 Å². The lowest BCUT2D eigenvalue weighted by Crippen LogP contribution is -2.30. The Kier molecular flexibility index (Phi) is 1.72. The molecule has 2 atom stereocenters. The number of unbranched alkanes of at least 4 members (excludes halogenated alkanes) is 1. The fourth-order valence-electron chi connectivity index (χ4n) is 1.76. The highest BCUT2D eigenvalue weighted by Gasteiger charge is 2.67. The van der Waals surface area contributed by atoms with E-state index in [0.717, 1.165) is 13.0 Å². The van der Waals surface area contributed by atoms with Crippen molar-refractivity contribution >= 4 is 0 Å². The average Bonchev–Trinajstić information content (AvgIpc) is 2.69. The summed E-state index contributed by atoms with van der Waals surface area (Å²) in [5.41, 5.74) is 0.0771. The first kappa shape index (κ1) is 8.48. The highest BCUT2D eigenvalue weighted by molar-refractivity contribution is 4.96. The first-order valence-electron chi connectivity index (χ1n) is 4.74. The van der Waals surface area contributed by atoms with Gasteiger partial charge < -0.3 is 4.74 Å². The van der Waals surface area contributed by atoms with Gasteiger partial charge >= 0.3 is 0 Å². The SMILES string of the molecule is CCCCC12OCC(C)(C)N1O2. The molecule has 0 radical (unpaired) electrons. The molecule has 2 heterocycles. The lowest BCUT2D eigenvalue weighted by atomic mass is 10.1. The minimum atomic E-state index is -0.320. The van der Waals surface area contributed by atoms with Gasteiger partial charge in [0.25, 0.3) is 5.91 Å². The van der Waals surface area contributed by atoms with Gasteiger partial charge in [-0.2, -0.15) is 0 Å². The van der Waals surface area contributed by atoms with Crippen LogP contribution in [-0.4, -0.2) is 23.1 Å². The number of hydrogen-bond donors (Lipinski definition) is 0. The average molecular weight is 171 g/mol. The van der Waals surface area contributed by atoms with Crippen molar-refractivity contribution < 1.29 is 9.57 Å². The maximum Gasteiger partial charge on any atom is 0.270 e. The summed E-state index contributed by atoms with van der Waals surface area (Å²) in [6.07, 6.45) is 3.38. The fourth-order valence-corrected chi connectivity index (χ4v) is 1.76. The zero-order valence-corrected chi connectivity index (χ0v) is 8.09. The lowest BCUT2D eigenvalue weighted by molar-refractivity contribution is -0.0666. The normalized spacial score (nSPS) is 42.8. The number of rotatable bonds is 3. The Labute approximate surface area is 73.6 Å². The Morgan fingerprint density at radius 1 is 1.42 bits per heavy atom. The van der Waals surface area contributed by atoms with Crippen molar-refractivity contribution in [1.29, 1.82) is 0 Å². The minimum absolute atomic E-state index is 0.0771. The number of nitrogens with zero attached hydrogens (tertiary/aromatic N) is 1. The predicted octanol–water partition coefficient (Wildman–Crippen LogP) is 1.89. The summed E-state index contributed by atoms with van der Waals surface area (Å²) in [5, 5.41) is 2.00. The molecule has 2 saturated heterocycles. The van der Waals surface area contributed by atoms with E-state index in [9.17, 15) is 0 Å². The molecule has 0 N–H and O–H groups in total. The van der Waals surface area contributed by atoms with Crippen molar-refractivity contribution in [3.8, 4) is 0 Å². The highest BCUT2D eigenvalue weighted by Crippen LogP contribution is 2.51. The maximum absolute atomic E-state index is 5.64. The van der Waals surface area contributed by atoms with Gasteiger partial charge in [0.15, 0.2) is 0 Å². The lowest BCUT2D eigenvalue weighted by Gasteiger charge is -2.15. The van der Waals surface area contributed by atoms with Crippen LogP contribution in [0.2, 0.25) is 0 Å². The largest absolute Gasteiger partial charge is 0.333 e. The van der Waals surface area contributed by atoms with E-state index in [1.54, 1.807) is 0 Å². The first-order valence-corrected chi connectivity index (χ1v) is 4.74. The zero-order chi connectivity index (χ0) is 8.82. The Morgan fingerprint density at radius 3 is 2.58 bits per heavy atom. The zero-order valence-electron chi connectivity index (χ0n) is 8.09. The van der Waals surface area contributed by atoms with Crippen molar-refractivity contribution in [2.24, 2.45) is 0 Å². The van der Waals surface area contributed by atoms with Crippen LogP contribution in [0, 0.1) is 0 Å². The van der Waals surface area contributed by atoms with E-state index >= 15 is 0 Å². The predicted molar refractivity (Wildman–Crippen MR) is 45.2 cm³/mol. The summed E-state index contributed by atoms with van der Waals surface area (Å²) < 4.78 is 5.64. The van der Waals surface area contributed by atoms with Gasteiger partial charge in [-0.05, 0) is 20.3 Å². The quantitative estimate of drug-likeness (QED) is 0.606. The molecular weight excluding hydrogens is 154 g/mol. The fraction of sp³-hybridized carbons (Fsp3) is 1.00. The van der Waals surface area contributed by atoms with Crippen molar-refractivity contribution in [2.45, 2.75) is 51.5 Å². The van der Waals surface area contributed by atoms with Crippen molar-refractivity contribution in [3.05, 3.63) is 0 Å². The molecule has 0 amide bonds. The third kappa shape index (κ3) is 1.08. The number of hydroxylamine groups is 2. The van der Waals surface area contributed by atoms with E-state index in [4.69, 9.17) is 9.57 Å². The molecule has 2 unspecified atom stereocenters. The molecule has 0 aromatic rings. The summed E-state index contributed by atoms with van der Waals surface area (Å²) in [6, 6.07) is 0. The van der Waals surface area contributed by atoms with Crippen molar-refractivity contribution in [2.75, 3.05) is 6.61 Å². The van der Waals surface area contributed by atoms with Gasteiger partial charge in [-0.3, -0.25) is 0 Å². The molecular formula is C9H17NO2. The van der Waals surface area contributed by atoms with Crippen LogP contribution in [0.1, 0.15) is 40.0 Å². The molecule has 0 aliphatic carbocycles. The minimum Gasteiger partial charge on any atom is -0.333 e. The van der Waals surface area contributed by atoms with Gasteiger partial charge in [0, 0.05) is 6.42 Å². The van der Waals surface area contributed by atoms with Gasteiger partial charge in [0.05, 0.1) is 12.1 Å². The van der Waals surface area contributed by atoms with Gasteiger partial charge in [-0.25, -0.2) is 4.84 Å². The number of ether oxygens (including phenoxy) is 1. The number of hydrogen-bond acceptors (Lipinski definition) is 3. The van der Waals surface area contributed by atoms with Crippen LogP contribution in [0.3, 0.4) is 0 Å². The van der Waals surface area contributed by atoms with Crippen molar-refractivity contribution in [1.82, 2.24) is 5.06 Å².